The maximum Gasteiger partial charge on any atom is 0.295 e. The predicted molar refractivity (Wildman–Crippen MR) is 165 cm³/mol. The number of carbonyl (C=O) groups excluding carboxylic acids is 1. The first-order chi connectivity index (χ1) is 20.5. The van der Waals surface area contributed by atoms with E-state index in [-0.39, 0.29) is 22.5 Å². The summed E-state index contributed by atoms with van der Waals surface area (Å²) in [5.74, 6) is -0.492. The van der Waals surface area contributed by atoms with Crippen molar-refractivity contribution in [1.82, 2.24) is 18.7 Å². The van der Waals surface area contributed by atoms with Crippen LogP contribution in [0.15, 0.2) is 94.2 Å². The third kappa shape index (κ3) is 5.61. The van der Waals surface area contributed by atoms with Crippen LogP contribution in [0.25, 0.3) is 17.4 Å². The Bertz CT molecular complexity index is 2040. The molecule has 0 aliphatic carbocycles. The van der Waals surface area contributed by atoms with Gasteiger partial charge in [0, 0.05) is 13.2 Å². The molecule has 0 aliphatic heterocycles. The van der Waals surface area contributed by atoms with Gasteiger partial charge in [0.15, 0.2) is 0 Å². The molecule has 0 radical (unpaired) electrons. The standard InChI is InChI=1S/C33H30N6O4/c1-21-28(32(42)39(37(21)5)24-11-7-6-8-12-24)36-29(40)22(20-34)19-26-30(35-27-13-9-10-18-38(27)31(26)41)43-25-16-14-23(15-17-25)33(2,3)4/h6-19H,1-5H3,(H,36,40)/b22-19+. The molecule has 5 aromatic rings. The largest absolute Gasteiger partial charge is 0.438 e. The first-order valence-corrected chi connectivity index (χ1v) is 13.6. The van der Waals surface area contributed by atoms with Gasteiger partial charge in [0.25, 0.3) is 17.0 Å². The fraction of sp³-hybridized carbons (Fsp3) is 0.182. The van der Waals surface area contributed by atoms with Crippen molar-refractivity contribution in [2.45, 2.75) is 33.1 Å². The molecule has 0 spiro atoms. The minimum absolute atomic E-state index is 0.0151. The van der Waals surface area contributed by atoms with Gasteiger partial charge in [-0.05, 0) is 60.4 Å². The van der Waals surface area contributed by atoms with Gasteiger partial charge in [0.1, 0.15) is 34.3 Å². The summed E-state index contributed by atoms with van der Waals surface area (Å²) in [4.78, 5) is 44.7. The van der Waals surface area contributed by atoms with Crippen molar-refractivity contribution in [2.75, 3.05) is 5.32 Å². The lowest BCUT2D eigenvalue weighted by Gasteiger charge is -2.19. The normalized spacial score (nSPS) is 11.8. The third-order valence-corrected chi connectivity index (χ3v) is 7.12. The second-order valence-corrected chi connectivity index (χ2v) is 11.0. The van der Waals surface area contributed by atoms with Crippen LogP contribution in [0.1, 0.15) is 37.6 Å². The van der Waals surface area contributed by atoms with Crippen molar-refractivity contribution in [3.63, 3.8) is 0 Å². The number of benzene rings is 2. The summed E-state index contributed by atoms with van der Waals surface area (Å²) >= 11 is 0. The summed E-state index contributed by atoms with van der Waals surface area (Å²) in [6.07, 6.45) is 2.67. The number of nitriles is 1. The van der Waals surface area contributed by atoms with Crippen LogP contribution in [-0.2, 0) is 17.3 Å². The SMILES string of the molecule is Cc1c(NC(=O)/C(C#N)=C/c2c(Oc3ccc(C(C)(C)C)cc3)nc3ccccn3c2=O)c(=O)n(-c2ccccc2)n1C. The zero-order valence-electron chi connectivity index (χ0n) is 24.5. The highest BCUT2D eigenvalue weighted by molar-refractivity contribution is 6.10. The zero-order valence-corrected chi connectivity index (χ0v) is 24.5. The van der Waals surface area contributed by atoms with E-state index in [4.69, 9.17) is 4.74 Å². The molecule has 0 aliphatic rings. The Labute approximate surface area is 247 Å². The van der Waals surface area contributed by atoms with E-state index in [0.717, 1.165) is 11.6 Å². The zero-order chi connectivity index (χ0) is 30.9. The van der Waals surface area contributed by atoms with E-state index >= 15 is 0 Å². The number of ether oxygens (including phenoxy) is 1. The average Bonchev–Trinajstić information content (AvgIpc) is 3.20. The molecule has 10 heteroatoms. The lowest BCUT2D eigenvalue weighted by atomic mass is 9.87. The number of hydrogen-bond acceptors (Lipinski definition) is 6. The maximum absolute atomic E-state index is 13.6. The summed E-state index contributed by atoms with van der Waals surface area (Å²) in [6.45, 7) is 7.97. The highest BCUT2D eigenvalue weighted by atomic mass is 16.5. The van der Waals surface area contributed by atoms with Gasteiger partial charge in [-0.2, -0.15) is 10.2 Å². The van der Waals surface area contributed by atoms with Crippen molar-refractivity contribution in [2.24, 2.45) is 7.05 Å². The molecular weight excluding hydrogens is 544 g/mol. The third-order valence-electron chi connectivity index (χ3n) is 7.12. The average molecular weight is 575 g/mol. The second-order valence-electron chi connectivity index (χ2n) is 11.0. The summed E-state index contributed by atoms with van der Waals surface area (Å²) < 4.78 is 10.4. The van der Waals surface area contributed by atoms with Crippen molar-refractivity contribution in [3.8, 4) is 23.4 Å². The second kappa shape index (κ2) is 11.3. The molecule has 0 atom stereocenters. The van der Waals surface area contributed by atoms with E-state index < -0.39 is 22.6 Å². The summed E-state index contributed by atoms with van der Waals surface area (Å²) in [5.41, 5.74) is 0.967. The van der Waals surface area contributed by atoms with Gasteiger partial charge in [-0.3, -0.25) is 23.5 Å². The summed E-state index contributed by atoms with van der Waals surface area (Å²) in [5, 5.41) is 12.5. The number of fused-ring (bicyclic) bond motifs is 1. The monoisotopic (exact) mass is 574 g/mol. The molecule has 2 aromatic carbocycles. The number of anilines is 1. The minimum Gasteiger partial charge on any atom is -0.438 e. The van der Waals surface area contributed by atoms with Crippen LogP contribution in [-0.4, -0.2) is 24.7 Å². The van der Waals surface area contributed by atoms with Gasteiger partial charge < -0.3 is 10.1 Å². The molecule has 0 bridgehead atoms. The molecule has 0 unspecified atom stereocenters. The van der Waals surface area contributed by atoms with Crippen molar-refractivity contribution < 1.29 is 9.53 Å². The predicted octanol–water partition coefficient (Wildman–Crippen LogP) is 5.13. The van der Waals surface area contributed by atoms with E-state index in [2.05, 4.69) is 31.1 Å². The molecule has 1 N–H and O–H groups in total. The lowest BCUT2D eigenvalue weighted by Crippen LogP contribution is -2.24. The Kier molecular flexibility index (Phi) is 7.57. The Morgan fingerprint density at radius 2 is 1.65 bits per heavy atom. The van der Waals surface area contributed by atoms with Crippen LogP contribution in [0.2, 0.25) is 0 Å². The summed E-state index contributed by atoms with van der Waals surface area (Å²) in [6, 6.07) is 23.3. The Morgan fingerprint density at radius 1 is 0.977 bits per heavy atom. The van der Waals surface area contributed by atoms with E-state index in [9.17, 15) is 19.6 Å². The number of para-hydroxylation sites is 1. The molecule has 1 amide bonds. The van der Waals surface area contributed by atoms with Crippen molar-refractivity contribution in [1.29, 1.82) is 5.26 Å². The number of hydrogen-bond donors (Lipinski definition) is 1. The van der Waals surface area contributed by atoms with Gasteiger partial charge in [-0.15, -0.1) is 0 Å². The summed E-state index contributed by atoms with van der Waals surface area (Å²) in [7, 11) is 1.69. The van der Waals surface area contributed by atoms with Gasteiger partial charge in [-0.1, -0.05) is 57.2 Å². The number of nitrogens with one attached hydrogen (secondary N) is 1. The fourth-order valence-electron chi connectivity index (χ4n) is 4.60. The molecule has 43 heavy (non-hydrogen) atoms. The van der Waals surface area contributed by atoms with Gasteiger partial charge in [-0.25, -0.2) is 4.68 Å². The number of carbonyl (C=O) groups is 1. The molecule has 216 valence electrons. The molecule has 0 fully saturated rings. The van der Waals surface area contributed by atoms with Crippen LogP contribution in [0.3, 0.4) is 0 Å². The Hall–Kier alpha value is -5.69. The molecule has 3 aromatic heterocycles. The molecule has 5 rings (SSSR count). The quantitative estimate of drug-likeness (QED) is 0.222. The van der Waals surface area contributed by atoms with Crippen molar-refractivity contribution in [3.05, 3.63) is 122 Å². The Balaban J connectivity index is 1.55. The van der Waals surface area contributed by atoms with Crippen LogP contribution in [0.5, 0.6) is 11.6 Å². The van der Waals surface area contributed by atoms with E-state index in [0.29, 0.717) is 22.8 Å². The number of nitrogens with zero attached hydrogens (tertiary/aromatic N) is 5. The first-order valence-electron chi connectivity index (χ1n) is 13.6. The van der Waals surface area contributed by atoms with Crippen LogP contribution in [0, 0.1) is 18.3 Å². The highest BCUT2D eigenvalue weighted by Crippen LogP contribution is 2.28. The van der Waals surface area contributed by atoms with E-state index in [1.807, 2.05) is 24.3 Å². The number of pyridine rings is 1. The smallest absolute Gasteiger partial charge is 0.295 e. The topological polar surface area (TPSA) is 123 Å². The van der Waals surface area contributed by atoms with Gasteiger partial charge in [0.05, 0.1) is 11.4 Å². The van der Waals surface area contributed by atoms with Crippen LogP contribution < -0.4 is 21.2 Å². The van der Waals surface area contributed by atoms with Crippen molar-refractivity contribution >= 4 is 23.3 Å². The van der Waals surface area contributed by atoms with E-state index in [1.54, 1.807) is 73.3 Å². The number of rotatable bonds is 6. The minimum atomic E-state index is -0.855. The number of amides is 1. The molecular formula is C33H30N6O4. The lowest BCUT2D eigenvalue weighted by molar-refractivity contribution is -0.112. The molecule has 0 saturated heterocycles. The maximum atomic E-state index is 13.6. The van der Waals surface area contributed by atoms with Gasteiger partial charge >= 0.3 is 0 Å². The van der Waals surface area contributed by atoms with Gasteiger partial charge in [0.2, 0.25) is 5.88 Å². The fourth-order valence-corrected chi connectivity index (χ4v) is 4.60. The Morgan fingerprint density at radius 3 is 2.30 bits per heavy atom. The molecule has 10 nitrogen and oxygen atoms in total. The van der Waals surface area contributed by atoms with Crippen LogP contribution >= 0.6 is 0 Å². The first kappa shape index (κ1) is 28.8. The highest BCUT2D eigenvalue weighted by Gasteiger charge is 2.22. The van der Waals surface area contributed by atoms with E-state index in [1.165, 1.54) is 15.3 Å². The van der Waals surface area contributed by atoms with Crippen LogP contribution in [0.4, 0.5) is 5.69 Å². The number of aromatic nitrogens is 4. The molecule has 3 heterocycles. The molecule has 0 saturated carbocycles.